The van der Waals surface area contributed by atoms with Crippen LogP contribution in [0.2, 0.25) is 5.02 Å². The minimum atomic E-state index is -5.19. The molecule has 0 unspecified atom stereocenters. The second-order valence-electron chi connectivity index (χ2n) is 6.51. The van der Waals surface area contributed by atoms with Crippen molar-refractivity contribution in [2.75, 3.05) is 17.3 Å². The van der Waals surface area contributed by atoms with Crippen LogP contribution in [-0.2, 0) is 4.79 Å². The molecule has 8 nitrogen and oxygen atoms in total. The van der Waals surface area contributed by atoms with Crippen LogP contribution in [0, 0.1) is 0 Å². The fraction of sp³-hybridized carbons (Fsp3) is 0.100. The van der Waals surface area contributed by atoms with E-state index in [1.54, 1.807) is 24.7 Å². The number of halogens is 4. The molecule has 4 aromatic rings. The van der Waals surface area contributed by atoms with Crippen molar-refractivity contribution < 1.29 is 32.9 Å². The third-order valence-electron chi connectivity index (χ3n) is 4.21. The first-order valence-electron chi connectivity index (χ1n) is 9.06. The maximum atomic E-state index is 12.5. The quantitative estimate of drug-likeness (QED) is 0.448. The van der Waals surface area contributed by atoms with Gasteiger partial charge in [0.25, 0.3) is 0 Å². The lowest BCUT2D eigenvalue weighted by molar-refractivity contribution is -0.344. The number of carboxylic acid groups (broad SMARTS) is 1. The Balaban J connectivity index is 0.000000383. The fourth-order valence-electron chi connectivity index (χ4n) is 2.61. The second-order valence-corrected chi connectivity index (χ2v) is 7.67. The number of anilines is 2. The number of alkyl halides is 3. The number of carbonyl (C=O) groups is 2. The number of carboxylic acids is 1. The summed E-state index contributed by atoms with van der Waals surface area (Å²) in [5, 5.41) is 14.2. The van der Waals surface area contributed by atoms with Crippen LogP contribution in [0.15, 0.2) is 53.4 Å². The molecule has 0 spiro atoms. The maximum absolute atomic E-state index is 12.5. The highest BCUT2D eigenvalue weighted by Gasteiger charge is 2.28. The minimum Gasteiger partial charge on any atom is -0.542 e. The number of benzene rings is 2. The molecule has 0 aliphatic heterocycles. The van der Waals surface area contributed by atoms with Crippen molar-refractivity contribution in [1.82, 2.24) is 9.97 Å². The van der Waals surface area contributed by atoms with Gasteiger partial charge in [-0.15, -0.1) is 11.3 Å². The monoisotopic (exact) mass is 497 g/mol. The molecule has 0 aliphatic carbocycles. The number of carbonyl (C=O) groups excluding carboxylic acids is 2. The van der Waals surface area contributed by atoms with Crippen LogP contribution in [0.4, 0.5) is 29.3 Å². The first-order chi connectivity index (χ1) is 15.5. The van der Waals surface area contributed by atoms with Crippen molar-refractivity contribution >= 4 is 57.3 Å². The van der Waals surface area contributed by atoms with E-state index in [0.717, 1.165) is 28.2 Å². The number of hydrogen-bond donors (Lipinski definition) is 2. The van der Waals surface area contributed by atoms with Crippen LogP contribution >= 0.6 is 22.9 Å². The van der Waals surface area contributed by atoms with Gasteiger partial charge in [-0.2, -0.15) is 13.2 Å². The van der Waals surface area contributed by atoms with Gasteiger partial charge < -0.3 is 15.2 Å². The summed E-state index contributed by atoms with van der Waals surface area (Å²) in [5.41, 5.74) is 5.88. The summed E-state index contributed by atoms with van der Waals surface area (Å²) in [5.74, 6) is -2.17. The highest BCUT2D eigenvalue weighted by molar-refractivity contribution is 7.07. The average molecular weight is 498 g/mol. The summed E-state index contributed by atoms with van der Waals surface area (Å²) < 4.78 is 31.5. The minimum absolute atomic E-state index is 0.248. The normalized spacial score (nSPS) is 10.9. The lowest BCUT2D eigenvalue weighted by atomic mass is 10.2. The van der Waals surface area contributed by atoms with E-state index in [9.17, 15) is 18.0 Å². The molecule has 172 valence electrons. The number of urea groups is 1. The third kappa shape index (κ3) is 6.20. The van der Waals surface area contributed by atoms with Crippen molar-refractivity contribution in [2.24, 2.45) is 0 Å². The summed E-state index contributed by atoms with van der Waals surface area (Å²) in [6.45, 7) is 0. The summed E-state index contributed by atoms with van der Waals surface area (Å²) in [4.78, 5) is 33.6. The number of rotatable bonds is 3. The summed E-state index contributed by atoms with van der Waals surface area (Å²) in [7, 11) is 1.70. The number of imidazole rings is 1. The highest BCUT2D eigenvalue weighted by atomic mass is 35.5. The number of hydrogen-bond acceptors (Lipinski definition) is 5. The van der Waals surface area contributed by atoms with E-state index >= 15 is 0 Å². The maximum Gasteiger partial charge on any atom is 0.430 e. The number of nitrogens with one attached hydrogen (secondary N) is 3. The predicted molar refractivity (Wildman–Crippen MR) is 116 cm³/mol. The molecule has 0 radical (unpaired) electrons. The molecule has 2 amide bonds. The van der Waals surface area contributed by atoms with Gasteiger partial charge in [-0.3, -0.25) is 4.90 Å². The number of aromatic nitrogens is 3. The van der Waals surface area contributed by atoms with Crippen LogP contribution in [0.5, 0.6) is 0 Å². The second kappa shape index (κ2) is 9.88. The van der Waals surface area contributed by atoms with E-state index in [2.05, 4.69) is 20.3 Å². The molecule has 0 aliphatic rings. The summed E-state index contributed by atoms with van der Waals surface area (Å²) >= 11 is 7.53. The molecule has 2 aromatic carbocycles. The fourth-order valence-corrected chi connectivity index (χ4v) is 3.34. The Morgan fingerprint density at radius 3 is 2.58 bits per heavy atom. The Labute approximate surface area is 193 Å². The number of aliphatic carboxylic acids is 1. The Morgan fingerprint density at radius 2 is 1.97 bits per heavy atom. The molecule has 0 saturated heterocycles. The van der Waals surface area contributed by atoms with E-state index in [4.69, 9.17) is 21.5 Å². The van der Waals surface area contributed by atoms with Gasteiger partial charge in [0.1, 0.15) is 5.97 Å². The van der Waals surface area contributed by atoms with Crippen LogP contribution in [0.25, 0.3) is 22.6 Å². The lowest BCUT2D eigenvalue weighted by Gasteiger charge is -2.18. The van der Waals surface area contributed by atoms with Crippen LogP contribution < -0.4 is 20.3 Å². The molecule has 13 heteroatoms. The molecule has 3 N–H and O–H groups in total. The van der Waals surface area contributed by atoms with Crippen LogP contribution in [0.3, 0.4) is 0 Å². The van der Waals surface area contributed by atoms with Crippen LogP contribution in [0.1, 0.15) is 0 Å². The SMILES string of the molecule is CN(C(=O)Nc1ccc2[nH+]c(-c3cscn3)[nH]c2c1)c1cccc(Cl)c1.O=C([O-])C(F)(F)F. The zero-order valence-electron chi connectivity index (χ0n) is 16.7. The van der Waals surface area contributed by atoms with E-state index < -0.39 is 12.1 Å². The van der Waals surface area contributed by atoms with Crippen molar-refractivity contribution in [3.63, 3.8) is 0 Å². The molecule has 0 saturated carbocycles. The van der Waals surface area contributed by atoms with Crippen molar-refractivity contribution in [2.45, 2.75) is 6.18 Å². The van der Waals surface area contributed by atoms with Crippen molar-refractivity contribution in [3.8, 4) is 11.5 Å². The topological polar surface area (TPSA) is 115 Å². The highest BCUT2D eigenvalue weighted by Crippen LogP contribution is 2.22. The van der Waals surface area contributed by atoms with Crippen LogP contribution in [-0.4, -0.2) is 35.2 Å². The number of H-pyrrole nitrogens is 2. The Bertz CT molecular complexity index is 1280. The Kier molecular flexibility index (Phi) is 7.19. The van der Waals surface area contributed by atoms with Gasteiger partial charge in [0, 0.05) is 34.9 Å². The average Bonchev–Trinajstić information content (AvgIpc) is 3.42. The molecular formula is C20H15ClF3N5O3S. The van der Waals surface area contributed by atoms with Gasteiger partial charge in [-0.1, -0.05) is 17.7 Å². The zero-order valence-corrected chi connectivity index (χ0v) is 18.3. The summed E-state index contributed by atoms with van der Waals surface area (Å²) in [6, 6.07) is 12.5. The molecule has 33 heavy (non-hydrogen) atoms. The number of fused-ring (bicyclic) bond motifs is 1. The van der Waals surface area contributed by atoms with Crippen molar-refractivity contribution in [3.05, 3.63) is 58.4 Å². The van der Waals surface area contributed by atoms with E-state index in [1.807, 2.05) is 35.7 Å². The molecule has 2 aromatic heterocycles. The van der Waals surface area contributed by atoms with E-state index in [0.29, 0.717) is 10.7 Å². The van der Waals surface area contributed by atoms with Crippen molar-refractivity contribution in [1.29, 1.82) is 0 Å². The number of thiazole rings is 1. The Hall–Kier alpha value is -3.64. The van der Waals surface area contributed by atoms with Gasteiger partial charge in [-0.25, -0.2) is 19.7 Å². The van der Waals surface area contributed by atoms with E-state index in [1.165, 1.54) is 16.2 Å². The van der Waals surface area contributed by atoms with Gasteiger partial charge in [0.05, 0.1) is 5.51 Å². The van der Waals surface area contributed by atoms with Gasteiger partial charge in [0.2, 0.25) is 0 Å². The number of aromatic amines is 2. The molecule has 2 heterocycles. The molecule has 0 fully saturated rings. The van der Waals surface area contributed by atoms with Gasteiger partial charge >= 0.3 is 18.0 Å². The van der Waals surface area contributed by atoms with Gasteiger partial charge in [0.15, 0.2) is 16.7 Å². The number of nitrogens with zero attached hydrogens (tertiary/aromatic N) is 2. The smallest absolute Gasteiger partial charge is 0.430 e. The standard InChI is InChI=1S/C18H14ClN5OS.C2HF3O2/c1-24(13-4-2-3-11(19)7-13)18(25)21-12-5-6-14-15(8-12)23-17(22-14)16-9-26-10-20-16;3-2(4,5)1(6)7/h2-10H,1H3,(H,21,25)(H,22,23);(H,6,7). The first-order valence-corrected chi connectivity index (χ1v) is 10.4. The molecule has 0 bridgehead atoms. The molecular weight excluding hydrogens is 483 g/mol. The zero-order chi connectivity index (χ0) is 24.2. The Morgan fingerprint density at radius 1 is 1.24 bits per heavy atom. The molecule has 4 rings (SSSR count). The summed E-state index contributed by atoms with van der Waals surface area (Å²) in [6.07, 6.45) is -5.19. The first kappa shape index (κ1) is 24.0. The third-order valence-corrected chi connectivity index (χ3v) is 5.03. The van der Waals surface area contributed by atoms with E-state index in [-0.39, 0.29) is 6.03 Å². The van der Waals surface area contributed by atoms with Gasteiger partial charge in [-0.05, 0) is 30.3 Å². The largest absolute Gasteiger partial charge is 0.542 e. The lowest BCUT2D eigenvalue weighted by Crippen LogP contribution is -2.37. The predicted octanol–water partition coefficient (Wildman–Crippen LogP) is 3.73. The molecule has 0 atom stereocenters. The number of amides is 2.